The lowest BCUT2D eigenvalue weighted by Crippen LogP contribution is -1.65. The summed E-state index contributed by atoms with van der Waals surface area (Å²) < 4.78 is 0. The number of halogens is 1. The quantitative estimate of drug-likeness (QED) is 0.423. The van der Waals surface area contributed by atoms with Crippen LogP contribution in [0.3, 0.4) is 0 Å². The van der Waals surface area contributed by atoms with E-state index in [1.54, 1.807) is 18.2 Å². The van der Waals surface area contributed by atoms with Crippen molar-refractivity contribution >= 4 is 18.3 Å². The molecule has 0 atom stereocenters. The third kappa shape index (κ3) is 3.74. The van der Waals surface area contributed by atoms with E-state index in [1.165, 1.54) is 5.54 Å². The highest BCUT2D eigenvalue weighted by atomic mass is 35.5. The van der Waals surface area contributed by atoms with Crippen molar-refractivity contribution in [2.45, 2.75) is 0 Å². The highest BCUT2D eigenvalue weighted by molar-refractivity contribution is 6.25. The number of aliphatic imine (C=N–C) groups is 1. The number of hydrogen-bond acceptors (Lipinski definition) is 1. The van der Waals surface area contributed by atoms with Crippen LogP contribution >= 0.6 is 11.6 Å². The van der Waals surface area contributed by atoms with Crippen molar-refractivity contribution in [3.05, 3.63) is 36.0 Å². The molecular formula is C7H8ClN. The summed E-state index contributed by atoms with van der Waals surface area (Å²) in [6.45, 7) is 6.81. The van der Waals surface area contributed by atoms with Crippen LogP contribution in [0.4, 0.5) is 0 Å². The molecule has 0 bridgehead atoms. The fraction of sp³-hybridized carbons (Fsp3) is 0. The molecule has 0 fully saturated rings. The molecule has 0 radical (unpaired) electrons. The lowest BCUT2D eigenvalue weighted by atomic mass is 10.4. The van der Waals surface area contributed by atoms with Gasteiger partial charge in [-0.05, 0) is 18.9 Å². The standard InChI is InChI=1S/C7H8ClN/c1-3-4-7(9-2)5-6-8/h3-6H,1-2H2/b6-5+,7-4-. The van der Waals surface area contributed by atoms with E-state index in [1.807, 2.05) is 0 Å². The number of rotatable bonds is 3. The van der Waals surface area contributed by atoms with Crippen LogP contribution in [-0.2, 0) is 0 Å². The van der Waals surface area contributed by atoms with Gasteiger partial charge in [0.25, 0.3) is 0 Å². The Morgan fingerprint density at radius 1 is 1.56 bits per heavy atom. The average Bonchev–Trinajstić information content (AvgIpc) is 1.88. The fourth-order valence-corrected chi connectivity index (χ4v) is 0.475. The van der Waals surface area contributed by atoms with Crippen molar-refractivity contribution < 1.29 is 0 Å². The first-order valence-corrected chi connectivity index (χ1v) is 2.85. The van der Waals surface area contributed by atoms with E-state index >= 15 is 0 Å². The zero-order valence-electron chi connectivity index (χ0n) is 5.05. The molecule has 0 heterocycles. The normalized spacial score (nSPS) is 11.9. The van der Waals surface area contributed by atoms with Gasteiger partial charge in [0.15, 0.2) is 0 Å². The highest BCUT2D eigenvalue weighted by Gasteiger charge is 1.78. The summed E-state index contributed by atoms with van der Waals surface area (Å²) in [4.78, 5) is 3.64. The minimum absolute atomic E-state index is 0.708. The monoisotopic (exact) mass is 141 g/mol. The van der Waals surface area contributed by atoms with Gasteiger partial charge in [-0.2, -0.15) is 0 Å². The van der Waals surface area contributed by atoms with Crippen LogP contribution in [0.2, 0.25) is 0 Å². The van der Waals surface area contributed by atoms with Gasteiger partial charge in [-0.25, -0.2) is 0 Å². The second kappa shape index (κ2) is 5.32. The van der Waals surface area contributed by atoms with Gasteiger partial charge in [0, 0.05) is 5.54 Å². The SMILES string of the molecule is C=C/C=C(/C=C/Cl)N=C. The highest BCUT2D eigenvalue weighted by Crippen LogP contribution is 1.98. The molecule has 2 heteroatoms. The fourth-order valence-electron chi connectivity index (χ4n) is 0.346. The van der Waals surface area contributed by atoms with Crippen molar-refractivity contribution in [3.8, 4) is 0 Å². The van der Waals surface area contributed by atoms with Gasteiger partial charge in [-0.15, -0.1) is 0 Å². The van der Waals surface area contributed by atoms with Crippen molar-refractivity contribution in [2.24, 2.45) is 4.99 Å². The summed E-state index contributed by atoms with van der Waals surface area (Å²) in [6.07, 6.45) is 4.98. The van der Waals surface area contributed by atoms with E-state index < -0.39 is 0 Å². The van der Waals surface area contributed by atoms with E-state index in [-0.39, 0.29) is 0 Å². The maximum Gasteiger partial charge on any atom is 0.0630 e. The molecule has 0 saturated carbocycles. The first kappa shape index (κ1) is 8.18. The molecule has 0 saturated heterocycles. The van der Waals surface area contributed by atoms with Crippen LogP contribution in [0.25, 0.3) is 0 Å². The molecule has 0 aromatic carbocycles. The second-order valence-corrected chi connectivity index (χ2v) is 1.53. The molecule has 0 aliphatic carbocycles. The predicted molar refractivity (Wildman–Crippen MR) is 42.8 cm³/mol. The molecule has 0 rings (SSSR count). The maximum atomic E-state index is 5.27. The number of allylic oxidation sites excluding steroid dienone is 3. The Balaban J connectivity index is 4.13. The first-order valence-electron chi connectivity index (χ1n) is 2.41. The molecule has 0 amide bonds. The van der Waals surface area contributed by atoms with Crippen LogP contribution in [0.5, 0.6) is 0 Å². The van der Waals surface area contributed by atoms with E-state index in [2.05, 4.69) is 18.3 Å². The molecule has 9 heavy (non-hydrogen) atoms. The Hall–Kier alpha value is -0.820. The van der Waals surface area contributed by atoms with E-state index in [4.69, 9.17) is 11.6 Å². The van der Waals surface area contributed by atoms with Gasteiger partial charge >= 0.3 is 0 Å². The number of hydrogen-bond donors (Lipinski definition) is 0. The van der Waals surface area contributed by atoms with Crippen molar-refractivity contribution in [3.63, 3.8) is 0 Å². The smallest absolute Gasteiger partial charge is 0.0630 e. The van der Waals surface area contributed by atoms with Gasteiger partial charge in [0.05, 0.1) is 5.70 Å². The van der Waals surface area contributed by atoms with E-state index in [9.17, 15) is 0 Å². The van der Waals surface area contributed by atoms with Gasteiger partial charge < -0.3 is 0 Å². The summed E-state index contributed by atoms with van der Waals surface area (Å²) in [5, 5.41) is 0. The Morgan fingerprint density at radius 3 is 2.56 bits per heavy atom. The lowest BCUT2D eigenvalue weighted by Gasteiger charge is -1.84. The molecule has 0 N–H and O–H groups in total. The Labute approximate surface area is 60.1 Å². The van der Waals surface area contributed by atoms with Gasteiger partial charge in [0.1, 0.15) is 0 Å². The zero-order valence-corrected chi connectivity index (χ0v) is 5.80. The van der Waals surface area contributed by atoms with Crippen LogP contribution < -0.4 is 0 Å². The molecule has 48 valence electrons. The minimum atomic E-state index is 0.708. The molecule has 0 aliphatic heterocycles. The Morgan fingerprint density at radius 2 is 2.22 bits per heavy atom. The van der Waals surface area contributed by atoms with Crippen molar-refractivity contribution in [1.29, 1.82) is 0 Å². The minimum Gasteiger partial charge on any atom is -0.265 e. The summed E-state index contributed by atoms with van der Waals surface area (Å²) in [7, 11) is 0. The van der Waals surface area contributed by atoms with Crippen LogP contribution in [0.15, 0.2) is 41.0 Å². The summed E-state index contributed by atoms with van der Waals surface area (Å²) in [5.41, 5.74) is 2.09. The largest absolute Gasteiger partial charge is 0.265 e. The molecule has 0 aromatic heterocycles. The van der Waals surface area contributed by atoms with Gasteiger partial charge in [-0.3, -0.25) is 4.99 Å². The van der Waals surface area contributed by atoms with Gasteiger partial charge in [-0.1, -0.05) is 24.3 Å². The third-order valence-electron chi connectivity index (χ3n) is 0.705. The van der Waals surface area contributed by atoms with Crippen LogP contribution in [-0.4, -0.2) is 6.72 Å². The molecule has 0 aliphatic rings. The van der Waals surface area contributed by atoms with Crippen LogP contribution in [0.1, 0.15) is 0 Å². The summed E-state index contributed by atoms with van der Waals surface area (Å²) >= 11 is 5.27. The molecule has 1 nitrogen and oxygen atoms in total. The second-order valence-electron chi connectivity index (χ2n) is 1.28. The Bertz CT molecular complexity index is 156. The van der Waals surface area contributed by atoms with E-state index in [0.29, 0.717) is 5.70 Å². The van der Waals surface area contributed by atoms with Crippen LogP contribution in [0, 0.1) is 0 Å². The van der Waals surface area contributed by atoms with Gasteiger partial charge in [0.2, 0.25) is 0 Å². The van der Waals surface area contributed by atoms with Crippen molar-refractivity contribution in [2.75, 3.05) is 0 Å². The summed E-state index contributed by atoms with van der Waals surface area (Å²) in [6, 6.07) is 0. The van der Waals surface area contributed by atoms with E-state index in [0.717, 1.165) is 0 Å². The maximum absolute atomic E-state index is 5.27. The number of nitrogens with zero attached hydrogens (tertiary/aromatic N) is 1. The topological polar surface area (TPSA) is 12.4 Å². The average molecular weight is 142 g/mol. The lowest BCUT2D eigenvalue weighted by molar-refractivity contribution is 1.44. The molecule has 0 spiro atoms. The zero-order chi connectivity index (χ0) is 7.11. The molecular weight excluding hydrogens is 134 g/mol. The summed E-state index contributed by atoms with van der Waals surface area (Å²) in [5.74, 6) is 0. The Kier molecular flexibility index (Phi) is 4.83. The first-order chi connectivity index (χ1) is 4.35. The molecule has 0 aromatic rings. The van der Waals surface area contributed by atoms with Crippen molar-refractivity contribution in [1.82, 2.24) is 0 Å². The molecule has 0 unspecified atom stereocenters. The predicted octanol–water partition coefficient (Wildman–Crippen LogP) is 2.51. The third-order valence-corrected chi connectivity index (χ3v) is 0.831.